The molecule has 4 heteroatoms. The third-order valence-corrected chi connectivity index (χ3v) is 2.26. The summed E-state index contributed by atoms with van der Waals surface area (Å²) in [5.41, 5.74) is 1.06. The normalized spacial score (nSPS) is 10.5. The van der Waals surface area contributed by atoms with Crippen molar-refractivity contribution in [2.45, 2.75) is 20.0 Å². The summed E-state index contributed by atoms with van der Waals surface area (Å²) in [6, 6.07) is 5.16. The lowest BCUT2D eigenvalue weighted by Crippen LogP contribution is -2.17. The van der Waals surface area contributed by atoms with Crippen LogP contribution in [-0.2, 0) is 13.1 Å². The molecule has 15 heavy (non-hydrogen) atoms. The Bertz CT molecular complexity index is 498. The summed E-state index contributed by atoms with van der Waals surface area (Å²) in [6.45, 7) is 3.47. The average Bonchev–Trinajstić information content (AvgIpc) is 2.69. The molecule has 0 spiro atoms. The third kappa shape index (κ3) is 2.15. The van der Waals surface area contributed by atoms with Gasteiger partial charge in [0.2, 0.25) is 0 Å². The van der Waals surface area contributed by atoms with E-state index in [2.05, 4.69) is 5.10 Å². The zero-order valence-electron chi connectivity index (χ0n) is 8.63. The van der Waals surface area contributed by atoms with Crippen LogP contribution in [-0.4, -0.2) is 14.3 Å². The second kappa shape index (κ2) is 4.13. The second-order valence-corrected chi connectivity index (χ2v) is 3.37. The molecule has 0 saturated heterocycles. The molecule has 2 aromatic rings. The van der Waals surface area contributed by atoms with Gasteiger partial charge in [-0.2, -0.15) is 5.10 Å². The van der Waals surface area contributed by atoms with Gasteiger partial charge in [-0.05, 0) is 13.0 Å². The van der Waals surface area contributed by atoms with Gasteiger partial charge in [-0.1, -0.05) is 6.07 Å². The molecule has 2 rings (SSSR count). The van der Waals surface area contributed by atoms with Crippen LogP contribution in [0.5, 0.6) is 0 Å². The lowest BCUT2D eigenvalue weighted by atomic mass is 10.3. The highest BCUT2D eigenvalue weighted by molar-refractivity contribution is 5.06. The highest BCUT2D eigenvalue weighted by Crippen LogP contribution is 1.99. The van der Waals surface area contributed by atoms with E-state index in [0.717, 1.165) is 12.1 Å². The summed E-state index contributed by atoms with van der Waals surface area (Å²) in [5.74, 6) is 0. The van der Waals surface area contributed by atoms with E-state index in [1.165, 1.54) is 0 Å². The summed E-state index contributed by atoms with van der Waals surface area (Å²) in [4.78, 5) is 11.4. The van der Waals surface area contributed by atoms with Crippen molar-refractivity contribution in [2.24, 2.45) is 0 Å². The largest absolute Gasteiger partial charge is 0.311 e. The van der Waals surface area contributed by atoms with Crippen LogP contribution in [0.1, 0.15) is 12.5 Å². The van der Waals surface area contributed by atoms with Gasteiger partial charge in [0, 0.05) is 30.6 Å². The van der Waals surface area contributed by atoms with Gasteiger partial charge in [-0.15, -0.1) is 0 Å². The van der Waals surface area contributed by atoms with Crippen molar-refractivity contribution in [3.8, 4) is 0 Å². The van der Waals surface area contributed by atoms with Crippen LogP contribution in [0.25, 0.3) is 0 Å². The van der Waals surface area contributed by atoms with Gasteiger partial charge in [-0.3, -0.25) is 9.48 Å². The topological polar surface area (TPSA) is 39.8 Å². The van der Waals surface area contributed by atoms with Gasteiger partial charge in [0.1, 0.15) is 0 Å². The Kier molecular flexibility index (Phi) is 2.67. The van der Waals surface area contributed by atoms with Crippen LogP contribution < -0.4 is 5.56 Å². The molecule has 0 bridgehead atoms. The fourth-order valence-corrected chi connectivity index (χ4v) is 1.45. The predicted octanol–water partition coefficient (Wildman–Crippen LogP) is 1.11. The Balaban J connectivity index is 2.22. The van der Waals surface area contributed by atoms with Crippen LogP contribution in [0.2, 0.25) is 0 Å². The Morgan fingerprint density at radius 2 is 2.27 bits per heavy atom. The summed E-state index contributed by atoms with van der Waals surface area (Å²) < 4.78 is 3.51. The van der Waals surface area contributed by atoms with Gasteiger partial charge in [-0.25, -0.2) is 0 Å². The van der Waals surface area contributed by atoms with Crippen molar-refractivity contribution in [2.75, 3.05) is 0 Å². The number of hydrogen-bond acceptors (Lipinski definition) is 2. The van der Waals surface area contributed by atoms with Gasteiger partial charge in [0.25, 0.3) is 5.56 Å². The van der Waals surface area contributed by atoms with E-state index in [0.29, 0.717) is 6.54 Å². The highest BCUT2D eigenvalue weighted by atomic mass is 16.1. The zero-order valence-corrected chi connectivity index (χ0v) is 8.63. The van der Waals surface area contributed by atoms with Crippen LogP contribution in [0.15, 0.2) is 41.6 Å². The maximum Gasteiger partial charge on any atom is 0.250 e. The average molecular weight is 203 g/mol. The van der Waals surface area contributed by atoms with E-state index in [1.807, 2.05) is 23.9 Å². The molecule has 2 aromatic heterocycles. The van der Waals surface area contributed by atoms with Crippen molar-refractivity contribution in [1.82, 2.24) is 14.3 Å². The number of rotatable bonds is 3. The molecule has 0 aromatic carbocycles. The molecular weight excluding hydrogens is 190 g/mol. The minimum Gasteiger partial charge on any atom is -0.311 e. The van der Waals surface area contributed by atoms with Gasteiger partial charge >= 0.3 is 0 Å². The molecule has 0 aliphatic rings. The fraction of sp³-hybridized carbons (Fsp3) is 0.273. The second-order valence-electron chi connectivity index (χ2n) is 3.37. The number of hydrogen-bond donors (Lipinski definition) is 0. The number of pyridine rings is 1. The minimum atomic E-state index is 0.0155. The maximum absolute atomic E-state index is 11.4. The molecule has 0 amide bonds. The van der Waals surface area contributed by atoms with Crippen LogP contribution in [0, 0.1) is 0 Å². The molecule has 0 unspecified atom stereocenters. The molecule has 0 aliphatic heterocycles. The first-order chi connectivity index (χ1) is 7.29. The van der Waals surface area contributed by atoms with Crippen molar-refractivity contribution < 1.29 is 0 Å². The first-order valence-electron chi connectivity index (χ1n) is 4.96. The lowest BCUT2D eigenvalue weighted by Gasteiger charge is -2.01. The molecule has 0 aliphatic carbocycles. The summed E-state index contributed by atoms with van der Waals surface area (Å²) in [7, 11) is 0. The highest BCUT2D eigenvalue weighted by Gasteiger charge is 1.99. The van der Waals surface area contributed by atoms with E-state index >= 15 is 0 Å². The lowest BCUT2D eigenvalue weighted by molar-refractivity contribution is 0.658. The smallest absolute Gasteiger partial charge is 0.250 e. The number of aromatic nitrogens is 3. The van der Waals surface area contributed by atoms with Crippen molar-refractivity contribution in [3.05, 3.63) is 52.7 Å². The maximum atomic E-state index is 11.4. The molecule has 0 radical (unpaired) electrons. The molecular formula is C11H13N3O. The van der Waals surface area contributed by atoms with E-state index < -0.39 is 0 Å². The first kappa shape index (κ1) is 9.71. The van der Waals surface area contributed by atoms with Crippen molar-refractivity contribution in [3.63, 3.8) is 0 Å². The monoisotopic (exact) mass is 203 g/mol. The molecule has 0 saturated carbocycles. The Morgan fingerprint density at radius 1 is 1.40 bits per heavy atom. The molecule has 78 valence electrons. The van der Waals surface area contributed by atoms with E-state index in [4.69, 9.17) is 0 Å². The summed E-state index contributed by atoms with van der Waals surface area (Å²) in [6.07, 6.45) is 5.54. The molecule has 2 heterocycles. The summed E-state index contributed by atoms with van der Waals surface area (Å²) >= 11 is 0. The summed E-state index contributed by atoms with van der Waals surface area (Å²) in [5, 5.41) is 4.16. The fourth-order valence-electron chi connectivity index (χ4n) is 1.45. The quantitative estimate of drug-likeness (QED) is 0.749. The predicted molar refractivity (Wildman–Crippen MR) is 57.7 cm³/mol. The van der Waals surface area contributed by atoms with Gasteiger partial charge in [0.15, 0.2) is 0 Å². The Labute approximate surface area is 87.8 Å². The number of aryl methyl sites for hydroxylation is 1. The Morgan fingerprint density at radius 3 is 2.93 bits per heavy atom. The van der Waals surface area contributed by atoms with Gasteiger partial charge < -0.3 is 4.57 Å². The third-order valence-electron chi connectivity index (χ3n) is 2.26. The van der Waals surface area contributed by atoms with Crippen LogP contribution in [0.4, 0.5) is 0 Å². The van der Waals surface area contributed by atoms with E-state index in [9.17, 15) is 4.79 Å². The first-order valence-corrected chi connectivity index (χ1v) is 4.96. The Hall–Kier alpha value is -1.84. The SMILES string of the molecule is CCn1cc(Cn2ccccc2=O)cn1. The molecule has 0 atom stereocenters. The van der Waals surface area contributed by atoms with E-state index in [-0.39, 0.29) is 5.56 Å². The molecule has 0 N–H and O–H groups in total. The molecule has 4 nitrogen and oxygen atoms in total. The minimum absolute atomic E-state index is 0.0155. The standard InChI is InChI=1S/C11H13N3O/c1-2-14-9-10(7-12-14)8-13-6-4-3-5-11(13)15/h3-7,9H,2,8H2,1H3. The zero-order chi connectivity index (χ0) is 10.7. The van der Waals surface area contributed by atoms with Crippen molar-refractivity contribution in [1.29, 1.82) is 0 Å². The number of nitrogens with zero attached hydrogens (tertiary/aromatic N) is 3. The van der Waals surface area contributed by atoms with Crippen molar-refractivity contribution >= 4 is 0 Å². The van der Waals surface area contributed by atoms with Crippen LogP contribution in [0.3, 0.4) is 0 Å². The molecule has 0 fully saturated rings. The van der Waals surface area contributed by atoms with Gasteiger partial charge in [0.05, 0.1) is 12.7 Å². The van der Waals surface area contributed by atoms with E-state index in [1.54, 1.807) is 29.1 Å². The van der Waals surface area contributed by atoms with Crippen LogP contribution >= 0.6 is 0 Å².